The summed E-state index contributed by atoms with van der Waals surface area (Å²) in [6, 6.07) is 1.71. The fourth-order valence-electron chi connectivity index (χ4n) is 1.84. The second-order valence-electron chi connectivity index (χ2n) is 4.63. The van der Waals surface area contributed by atoms with E-state index < -0.39 is 24.4 Å². The standard InChI is InChI=1S/C12H11BrF3N5O2/c1-6-18-11-8(2-7(13)4-17-11)21(6)5-10(23)20-19-9(22)3-12(14,15)16/h2,4H,3,5H2,1H3,(H,19,22)(H,20,23). The van der Waals surface area contributed by atoms with Crippen LogP contribution >= 0.6 is 15.9 Å². The van der Waals surface area contributed by atoms with Crippen molar-refractivity contribution in [3.63, 3.8) is 0 Å². The number of amides is 2. The van der Waals surface area contributed by atoms with Crippen LogP contribution in [-0.2, 0) is 16.1 Å². The summed E-state index contributed by atoms with van der Waals surface area (Å²) in [5, 5.41) is 0. The highest BCUT2D eigenvalue weighted by atomic mass is 79.9. The minimum absolute atomic E-state index is 0.229. The van der Waals surface area contributed by atoms with Crippen LogP contribution in [0.5, 0.6) is 0 Å². The molecule has 7 nitrogen and oxygen atoms in total. The van der Waals surface area contributed by atoms with E-state index in [-0.39, 0.29) is 6.54 Å². The molecule has 11 heteroatoms. The normalized spacial score (nSPS) is 11.5. The molecule has 0 atom stereocenters. The molecule has 0 aromatic carbocycles. The summed E-state index contributed by atoms with van der Waals surface area (Å²) < 4.78 is 38.2. The Balaban J connectivity index is 2.02. The van der Waals surface area contributed by atoms with Crippen molar-refractivity contribution in [1.29, 1.82) is 0 Å². The number of alkyl halides is 3. The number of nitrogens with one attached hydrogen (secondary N) is 2. The lowest BCUT2D eigenvalue weighted by Crippen LogP contribution is -2.44. The Hall–Kier alpha value is -2.17. The number of aryl methyl sites for hydroxylation is 1. The molecular weight excluding hydrogens is 383 g/mol. The minimum Gasteiger partial charge on any atom is -0.317 e. The van der Waals surface area contributed by atoms with Gasteiger partial charge >= 0.3 is 6.18 Å². The molecule has 0 spiro atoms. The number of hydrogen-bond donors (Lipinski definition) is 2. The molecule has 2 amide bonds. The van der Waals surface area contributed by atoms with Gasteiger partial charge in [0.25, 0.3) is 5.91 Å². The lowest BCUT2D eigenvalue weighted by molar-refractivity contribution is -0.155. The zero-order valence-electron chi connectivity index (χ0n) is 11.7. The van der Waals surface area contributed by atoms with Crippen molar-refractivity contribution in [3.05, 3.63) is 22.6 Å². The van der Waals surface area contributed by atoms with Crippen molar-refractivity contribution in [2.45, 2.75) is 26.1 Å². The first-order chi connectivity index (χ1) is 10.7. The minimum atomic E-state index is -4.64. The third-order valence-electron chi connectivity index (χ3n) is 2.77. The Labute approximate surface area is 136 Å². The summed E-state index contributed by atoms with van der Waals surface area (Å²) in [4.78, 5) is 31.0. The Morgan fingerprint density at radius 1 is 1.30 bits per heavy atom. The average Bonchev–Trinajstić information content (AvgIpc) is 2.71. The molecule has 0 aliphatic rings. The summed E-state index contributed by atoms with van der Waals surface area (Å²) in [6.45, 7) is 1.43. The monoisotopic (exact) mass is 393 g/mol. The molecule has 0 radical (unpaired) electrons. The van der Waals surface area contributed by atoms with Gasteiger partial charge in [0.2, 0.25) is 5.91 Å². The molecule has 0 fully saturated rings. The van der Waals surface area contributed by atoms with E-state index in [1.165, 1.54) is 4.57 Å². The van der Waals surface area contributed by atoms with E-state index in [2.05, 4.69) is 25.9 Å². The van der Waals surface area contributed by atoms with Crippen LogP contribution in [0.15, 0.2) is 16.7 Å². The van der Waals surface area contributed by atoms with Gasteiger partial charge in [-0.25, -0.2) is 9.97 Å². The molecule has 0 unspecified atom stereocenters. The lowest BCUT2D eigenvalue weighted by Gasteiger charge is -2.10. The maximum Gasteiger partial charge on any atom is 0.397 e. The first-order valence-electron chi connectivity index (χ1n) is 6.28. The van der Waals surface area contributed by atoms with E-state index in [1.807, 2.05) is 5.43 Å². The van der Waals surface area contributed by atoms with Crippen molar-refractivity contribution in [1.82, 2.24) is 25.4 Å². The van der Waals surface area contributed by atoms with Crippen molar-refractivity contribution in [3.8, 4) is 0 Å². The van der Waals surface area contributed by atoms with Crippen LogP contribution in [0.25, 0.3) is 11.2 Å². The van der Waals surface area contributed by atoms with Crippen molar-refractivity contribution in [2.75, 3.05) is 0 Å². The summed E-state index contributed by atoms with van der Waals surface area (Å²) in [6.07, 6.45) is -4.75. The molecule has 2 aromatic rings. The number of nitrogens with zero attached hydrogens (tertiary/aromatic N) is 3. The Morgan fingerprint density at radius 2 is 1.96 bits per heavy atom. The van der Waals surface area contributed by atoms with Crippen molar-refractivity contribution in [2.24, 2.45) is 0 Å². The second kappa shape index (κ2) is 6.52. The molecule has 0 bridgehead atoms. The van der Waals surface area contributed by atoms with E-state index in [4.69, 9.17) is 0 Å². The third kappa shape index (κ3) is 4.65. The van der Waals surface area contributed by atoms with Crippen LogP contribution in [-0.4, -0.2) is 32.5 Å². The number of hydrazine groups is 1. The maximum absolute atomic E-state index is 12.0. The van der Waals surface area contributed by atoms with Gasteiger partial charge in [-0.3, -0.25) is 20.4 Å². The molecule has 0 saturated heterocycles. The smallest absolute Gasteiger partial charge is 0.317 e. The molecule has 2 N–H and O–H groups in total. The molecular formula is C12H11BrF3N5O2. The van der Waals surface area contributed by atoms with Crippen LogP contribution in [0.1, 0.15) is 12.2 Å². The van der Waals surface area contributed by atoms with E-state index >= 15 is 0 Å². The molecule has 2 heterocycles. The molecule has 0 saturated carbocycles. The number of hydrogen-bond acceptors (Lipinski definition) is 4. The number of fused-ring (bicyclic) bond motifs is 1. The summed E-state index contributed by atoms with van der Waals surface area (Å²) >= 11 is 3.25. The van der Waals surface area contributed by atoms with Crippen molar-refractivity contribution < 1.29 is 22.8 Å². The molecule has 23 heavy (non-hydrogen) atoms. The number of rotatable bonds is 3. The largest absolute Gasteiger partial charge is 0.397 e. The average molecular weight is 394 g/mol. The number of halogens is 4. The van der Waals surface area contributed by atoms with Gasteiger partial charge in [-0.1, -0.05) is 0 Å². The second-order valence-corrected chi connectivity index (χ2v) is 5.55. The summed E-state index contributed by atoms with van der Waals surface area (Å²) in [7, 11) is 0. The molecule has 0 aliphatic heterocycles. The highest BCUT2D eigenvalue weighted by molar-refractivity contribution is 9.10. The van der Waals surface area contributed by atoms with Crippen LogP contribution in [0.3, 0.4) is 0 Å². The maximum atomic E-state index is 12.0. The molecule has 0 aliphatic carbocycles. The van der Waals surface area contributed by atoms with Gasteiger partial charge < -0.3 is 4.57 Å². The Kier molecular flexibility index (Phi) is 4.88. The lowest BCUT2D eigenvalue weighted by atomic mass is 10.4. The van der Waals surface area contributed by atoms with E-state index in [1.54, 1.807) is 24.6 Å². The fourth-order valence-corrected chi connectivity index (χ4v) is 2.16. The first-order valence-corrected chi connectivity index (χ1v) is 7.08. The zero-order valence-corrected chi connectivity index (χ0v) is 13.3. The topological polar surface area (TPSA) is 88.9 Å². The Bertz CT molecular complexity index is 759. The quantitative estimate of drug-likeness (QED) is 0.775. The number of pyridine rings is 1. The summed E-state index contributed by atoms with van der Waals surface area (Å²) in [5.41, 5.74) is 4.65. The SMILES string of the molecule is Cc1nc2ncc(Br)cc2n1CC(=O)NNC(=O)CC(F)(F)F. The molecule has 124 valence electrons. The predicted octanol–water partition coefficient (Wildman–Crippen LogP) is 1.60. The number of aromatic nitrogens is 3. The van der Waals surface area contributed by atoms with Gasteiger partial charge in [0.05, 0.1) is 5.52 Å². The zero-order chi connectivity index (χ0) is 17.2. The number of carbonyl (C=O) groups excluding carboxylic acids is 2. The van der Waals surface area contributed by atoms with Crippen LogP contribution < -0.4 is 10.9 Å². The van der Waals surface area contributed by atoms with Gasteiger partial charge in [0, 0.05) is 10.7 Å². The fraction of sp³-hybridized carbons (Fsp3) is 0.333. The summed E-state index contributed by atoms with van der Waals surface area (Å²) in [5.74, 6) is -1.53. The van der Waals surface area contributed by atoms with Gasteiger partial charge in [0.1, 0.15) is 18.8 Å². The first kappa shape index (κ1) is 17.2. The van der Waals surface area contributed by atoms with Crippen LogP contribution in [0.4, 0.5) is 13.2 Å². The van der Waals surface area contributed by atoms with Gasteiger partial charge in [0.15, 0.2) is 5.65 Å². The third-order valence-corrected chi connectivity index (χ3v) is 3.20. The van der Waals surface area contributed by atoms with Gasteiger partial charge in [-0.2, -0.15) is 13.2 Å². The molecule has 2 rings (SSSR count). The highest BCUT2D eigenvalue weighted by Crippen LogP contribution is 2.19. The van der Waals surface area contributed by atoms with Crippen molar-refractivity contribution >= 4 is 38.9 Å². The van der Waals surface area contributed by atoms with Crippen LogP contribution in [0, 0.1) is 6.92 Å². The molecule has 2 aromatic heterocycles. The highest BCUT2D eigenvalue weighted by Gasteiger charge is 2.31. The Morgan fingerprint density at radius 3 is 2.61 bits per heavy atom. The number of imidazole rings is 1. The van der Waals surface area contributed by atoms with E-state index in [9.17, 15) is 22.8 Å². The number of carbonyl (C=O) groups is 2. The van der Waals surface area contributed by atoms with Crippen LogP contribution in [0.2, 0.25) is 0 Å². The van der Waals surface area contributed by atoms with E-state index in [0.29, 0.717) is 21.5 Å². The van der Waals surface area contributed by atoms with Gasteiger partial charge in [-0.05, 0) is 28.9 Å². The van der Waals surface area contributed by atoms with Gasteiger partial charge in [-0.15, -0.1) is 0 Å². The predicted molar refractivity (Wildman–Crippen MR) is 76.9 cm³/mol. The van der Waals surface area contributed by atoms with E-state index in [0.717, 1.165) is 0 Å².